The molecule has 1 N–H and O–H groups in total. The van der Waals surface area contributed by atoms with Crippen molar-refractivity contribution in [3.05, 3.63) is 24.3 Å². The standard InChI is InChI=1S/C15H22N2O/c1-11(2)12(3)16-13-7-4-5-8-14(13)17-10-6-9-15(17)18/h4-5,7-8,11-12,16H,6,9-10H2,1-3H3. The van der Waals surface area contributed by atoms with Gasteiger partial charge in [-0.2, -0.15) is 0 Å². The molecule has 2 rings (SSSR count). The molecule has 0 bridgehead atoms. The van der Waals surface area contributed by atoms with Crippen molar-refractivity contribution >= 4 is 17.3 Å². The molecule has 0 saturated carbocycles. The number of carbonyl (C=O) groups is 1. The highest BCUT2D eigenvalue weighted by Gasteiger charge is 2.24. The lowest BCUT2D eigenvalue weighted by atomic mass is 10.1. The van der Waals surface area contributed by atoms with Crippen LogP contribution < -0.4 is 10.2 Å². The number of amides is 1. The Morgan fingerprint density at radius 2 is 1.94 bits per heavy atom. The fourth-order valence-electron chi connectivity index (χ4n) is 2.15. The maximum absolute atomic E-state index is 11.8. The highest BCUT2D eigenvalue weighted by molar-refractivity contribution is 5.98. The molecule has 1 aliphatic rings. The number of hydrogen-bond acceptors (Lipinski definition) is 2. The Hall–Kier alpha value is -1.51. The van der Waals surface area contributed by atoms with Crippen molar-refractivity contribution in [2.45, 2.75) is 39.7 Å². The Morgan fingerprint density at radius 3 is 2.56 bits per heavy atom. The second-order valence-electron chi connectivity index (χ2n) is 5.34. The fourth-order valence-corrected chi connectivity index (χ4v) is 2.15. The van der Waals surface area contributed by atoms with Gasteiger partial charge in [-0.1, -0.05) is 26.0 Å². The van der Waals surface area contributed by atoms with E-state index in [9.17, 15) is 4.79 Å². The van der Waals surface area contributed by atoms with Crippen LogP contribution in [0.15, 0.2) is 24.3 Å². The molecule has 1 fully saturated rings. The van der Waals surface area contributed by atoms with Gasteiger partial charge >= 0.3 is 0 Å². The van der Waals surface area contributed by atoms with Gasteiger partial charge < -0.3 is 10.2 Å². The number of hydrogen-bond donors (Lipinski definition) is 1. The third-order valence-electron chi connectivity index (χ3n) is 3.65. The van der Waals surface area contributed by atoms with Crippen LogP contribution >= 0.6 is 0 Å². The number of benzene rings is 1. The largest absolute Gasteiger partial charge is 0.381 e. The van der Waals surface area contributed by atoms with Gasteiger partial charge in [0.25, 0.3) is 0 Å². The number of anilines is 2. The van der Waals surface area contributed by atoms with Crippen LogP contribution in [0.1, 0.15) is 33.6 Å². The number of nitrogens with one attached hydrogen (secondary N) is 1. The molecule has 0 radical (unpaired) electrons. The van der Waals surface area contributed by atoms with Gasteiger partial charge in [0.1, 0.15) is 0 Å². The summed E-state index contributed by atoms with van der Waals surface area (Å²) in [5.74, 6) is 0.800. The molecule has 0 spiro atoms. The van der Waals surface area contributed by atoms with Crippen molar-refractivity contribution in [2.75, 3.05) is 16.8 Å². The first-order chi connectivity index (χ1) is 8.59. The molecule has 1 aliphatic heterocycles. The highest BCUT2D eigenvalue weighted by atomic mass is 16.2. The van der Waals surface area contributed by atoms with Crippen LogP contribution in [0.3, 0.4) is 0 Å². The summed E-state index contributed by atoms with van der Waals surface area (Å²) in [6.45, 7) is 7.41. The fraction of sp³-hybridized carbons (Fsp3) is 0.533. The maximum Gasteiger partial charge on any atom is 0.227 e. The van der Waals surface area contributed by atoms with Gasteiger partial charge in [-0.05, 0) is 31.4 Å². The highest BCUT2D eigenvalue weighted by Crippen LogP contribution is 2.30. The maximum atomic E-state index is 11.8. The van der Waals surface area contributed by atoms with Gasteiger partial charge in [0, 0.05) is 19.0 Å². The average molecular weight is 246 g/mol. The summed E-state index contributed by atoms with van der Waals surface area (Å²) < 4.78 is 0. The molecule has 1 amide bonds. The van der Waals surface area contributed by atoms with Gasteiger partial charge in [0.05, 0.1) is 11.4 Å². The first-order valence-corrected chi connectivity index (χ1v) is 6.75. The van der Waals surface area contributed by atoms with E-state index in [1.807, 2.05) is 23.1 Å². The van der Waals surface area contributed by atoms with Crippen LogP contribution in [0.2, 0.25) is 0 Å². The molecule has 1 atom stereocenters. The Bertz CT molecular complexity index is 428. The summed E-state index contributed by atoms with van der Waals surface area (Å²) in [6, 6.07) is 8.48. The molecule has 3 nitrogen and oxygen atoms in total. The van der Waals surface area contributed by atoms with Crippen molar-refractivity contribution in [1.29, 1.82) is 0 Å². The Balaban J connectivity index is 2.22. The minimum absolute atomic E-state index is 0.237. The van der Waals surface area contributed by atoms with Gasteiger partial charge in [0.2, 0.25) is 5.91 Å². The van der Waals surface area contributed by atoms with E-state index in [-0.39, 0.29) is 5.91 Å². The van der Waals surface area contributed by atoms with Crippen molar-refractivity contribution in [3.63, 3.8) is 0 Å². The monoisotopic (exact) mass is 246 g/mol. The third kappa shape index (κ3) is 2.66. The lowest BCUT2D eigenvalue weighted by Gasteiger charge is -2.24. The minimum atomic E-state index is 0.237. The first kappa shape index (κ1) is 12.9. The van der Waals surface area contributed by atoms with Crippen molar-refractivity contribution in [2.24, 2.45) is 5.92 Å². The van der Waals surface area contributed by atoms with Crippen molar-refractivity contribution in [1.82, 2.24) is 0 Å². The molecule has 1 heterocycles. The quantitative estimate of drug-likeness (QED) is 0.884. The second kappa shape index (κ2) is 5.42. The van der Waals surface area contributed by atoms with E-state index in [1.54, 1.807) is 0 Å². The van der Waals surface area contributed by atoms with Crippen LogP contribution in [0, 0.1) is 5.92 Å². The van der Waals surface area contributed by atoms with E-state index < -0.39 is 0 Å². The molecule has 1 aromatic rings. The van der Waals surface area contributed by atoms with E-state index in [0.717, 1.165) is 24.3 Å². The topological polar surface area (TPSA) is 32.3 Å². The predicted molar refractivity (Wildman–Crippen MR) is 76.0 cm³/mol. The predicted octanol–water partition coefficient (Wildman–Crippen LogP) is 3.27. The molecule has 98 valence electrons. The summed E-state index contributed by atoms with van der Waals surface area (Å²) in [5, 5.41) is 3.51. The van der Waals surface area contributed by atoms with Gasteiger partial charge in [-0.15, -0.1) is 0 Å². The van der Waals surface area contributed by atoms with Crippen LogP contribution in [-0.4, -0.2) is 18.5 Å². The number of para-hydroxylation sites is 2. The lowest BCUT2D eigenvalue weighted by molar-refractivity contribution is -0.117. The third-order valence-corrected chi connectivity index (χ3v) is 3.65. The van der Waals surface area contributed by atoms with Gasteiger partial charge in [0.15, 0.2) is 0 Å². The Kier molecular flexibility index (Phi) is 3.90. The van der Waals surface area contributed by atoms with E-state index in [1.165, 1.54) is 0 Å². The van der Waals surface area contributed by atoms with Crippen LogP contribution in [0.5, 0.6) is 0 Å². The number of nitrogens with zero attached hydrogens (tertiary/aromatic N) is 1. The van der Waals surface area contributed by atoms with E-state index in [0.29, 0.717) is 18.4 Å². The molecule has 3 heteroatoms. The summed E-state index contributed by atoms with van der Waals surface area (Å²) in [4.78, 5) is 13.7. The normalized spacial score (nSPS) is 17.3. The molecule has 1 saturated heterocycles. The Labute approximate surface area is 109 Å². The lowest BCUT2D eigenvalue weighted by Crippen LogP contribution is -2.27. The summed E-state index contributed by atoms with van der Waals surface area (Å²) in [6.07, 6.45) is 1.64. The SMILES string of the molecule is CC(C)C(C)Nc1ccccc1N1CCCC1=O. The molecular weight excluding hydrogens is 224 g/mol. The molecular formula is C15H22N2O. The number of carbonyl (C=O) groups excluding carboxylic acids is 1. The van der Waals surface area contributed by atoms with Crippen LogP contribution in [-0.2, 0) is 4.79 Å². The molecule has 1 aromatic carbocycles. The zero-order valence-corrected chi connectivity index (χ0v) is 11.4. The summed E-state index contributed by atoms with van der Waals surface area (Å²) in [5.41, 5.74) is 2.08. The zero-order valence-electron chi connectivity index (χ0n) is 11.4. The Morgan fingerprint density at radius 1 is 1.22 bits per heavy atom. The second-order valence-corrected chi connectivity index (χ2v) is 5.34. The van der Waals surface area contributed by atoms with Crippen molar-refractivity contribution < 1.29 is 4.79 Å². The zero-order chi connectivity index (χ0) is 13.1. The van der Waals surface area contributed by atoms with Gasteiger partial charge in [-0.25, -0.2) is 0 Å². The summed E-state index contributed by atoms with van der Waals surface area (Å²) in [7, 11) is 0. The van der Waals surface area contributed by atoms with Gasteiger partial charge in [-0.3, -0.25) is 4.79 Å². The average Bonchev–Trinajstić information content (AvgIpc) is 2.76. The van der Waals surface area contributed by atoms with Crippen LogP contribution in [0.4, 0.5) is 11.4 Å². The molecule has 18 heavy (non-hydrogen) atoms. The van der Waals surface area contributed by atoms with Crippen LogP contribution in [0.25, 0.3) is 0 Å². The molecule has 0 aliphatic carbocycles. The van der Waals surface area contributed by atoms with Crippen molar-refractivity contribution in [3.8, 4) is 0 Å². The minimum Gasteiger partial charge on any atom is -0.381 e. The number of rotatable bonds is 4. The molecule has 1 unspecified atom stereocenters. The smallest absolute Gasteiger partial charge is 0.227 e. The van der Waals surface area contributed by atoms with E-state index >= 15 is 0 Å². The van der Waals surface area contributed by atoms with E-state index in [4.69, 9.17) is 0 Å². The molecule has 0 aromatic heterocycles. The summed E-state index contributed by atoms with van der Waals surface area (Å²) >= 11 is 0. The van der Waals surface area contributed by atoms with E-state index in [2.05, 4.69) is 32.2 Å². The first-order valence-electron chi connectivity index (χ1n) is 6.75.